The van der Waals surface area contributed by atoms with Crippen LogP contribution < -0.4 is 0 Å². The lowest BCUT2D eigenvalue weighted by Gasteiger charge is -2.13. The maximum atomic E-state index is 10.3. The summed E-state index contributed by atoms with van der Waals surface area (Å²) in [6.45, 7) is 2.96. The molecule has 2 aromatic rings. The van der Waals surface area contributed by atoms with Gasteiger partial charge in [-0.05, 0) is 52.8 Å². The Balaban J connectivity index is 2.09. The molecule has 1 aromatic carbocycles. The van der Waals surface area contributed by atoms with Crippen molar-refractivity contribution in [3.05, 3.63) is 51.4 Å². The van der Waals surface area contributed by atoms with E-state index >= 15 is 0 Å². The second-order valence-electron chi connectivity index (χ2n) is 4.33. The van der Waals surface area contributed by atoms with Crippen LogP contribution in [0.5, 0.6) is 0 Å². The molecule has 0 bridgehead atoms. The first-order chi connectivity index (χ1) is 8.70. The van der Waals surface area contributed by atoms with Gasteiger partial charge in [0.1, 0.15) is 0 Å². The third-order valence-corrected chi connectivity index (χ3v) is 3.59. The van der Waals surface area contributed by atoms with Crippen LogP contribution in [0.4, 0.5) is 0 Å². The van der Waals surface area contributed by atoms with Crippen LogP contribution >= 0.6 is 22.6 Å². The highest BCUT2D eigenvalue weighted by Crippen LogP contribution is 2.19. The van der Waals surface area contributed by atoms with E-state index in [1.807, 2.05) is 10.7 Å². The van der Waals surface area contributed by atoms with Crippen molar-refractivity contribution in [2.45, 2.75) is 32.4 Å². The Morgan fingerprint density at radius 2 is 2.00 bits per heavy atom. The third-order valence-electron chi connectivity index (χ3n) is 2.87. The molecule has 1 N–H and O–H groups in total. The van der Waals surface area contributed by atoms with Gasteiger partial charge in [0.2, 0.25) is 0 Å². The highest BCUT2D eigenvalue weighted by molar-refractivity contribution is 14.1. The first-order valence-corrected chi connectivity index (χ1v) is 7.22. The number of aliphatic hydroxyl groups is 1. The zero-order chi connectivity index (χ0) is 13.0. The minimum atomic E-state index is -0.487. The first kappa shape index (κ1) is 13.5. The number of nitrogens with zero attached hydrogens (tertiary/aromatic N) is 2. The zero-order valence-corrected chi connectivity index (χ0v) is 12.5. The van der Waals surface area contributed by atoms with Gasteiger partial charge in [-0.25, -0.2) is 0 Å². The van der Waals surface area contributed by atoms with E-state index in [1.165, 1.54) is 3.57 Å². The Kier molecular flexibility index (Phi) is 4.77. The Morgan fingerprint density at radius 3 is 2.67 bits per heavy atom. The summed E-state index contributed by atoms with van der Waals surface area (Å²) in [6.07, 6.45) is 2.92. The molecule has 1 unspecified atom stereocenters. The summed E-state index contributed by atoms with van der Waals surface area (Å²) in [6, 6.07) is 10.1. The van der Waals surface area contributed by atoms with E-state index in [2.05, 4.69) is 58.9 Å². The quantitative estimate of drug-likeness (QED) is 0.836. The van der Waals surface area contributed by atoms with Crippen molar-refractivity contribution in [3.8, 4) is 0 Å². The molecular formula is C14H17IN2O. The van der Waals surface area contributed by atoms with Crippen LogP contribution in [0.3, 0.4) is 0 Å². The monoisotopic (exact) mass is 356 g/mol. The van der Waals surface area contributed by atoms with Gasteiger partial charge in [-0.15, -0.1) is 0 Å². The van der Waals surface area contributed by atoms with Crippen LogP contribution in [0.15, 0.2) is 36.5 Å². The van der Waals surface area contributed by atoms with E-state index in [-0.39, 0.29) is 0 Å². The SMILES string of the molecule is CCCn1nccc1C(O)Cc1ccc(I)cc1. The lowest BCUT2D eigenvalue weighted by atomic mass is 10.1. The van der Waals surface area contributed by atoms with Crippen LogP contribution in [0.1, 0.15) is 30.7 Å². The number of rotatable bonds is 5. The van der Waals surface area contributed by atoms with Crippen LogP contribution in [0.25, 0.3) is 0 Å². The van der Waals surface area contributed by atoms with E-state index in [9.17, 15) is 5.11 Å². The summed E-state index contributed by atoms with van der Waals surface area (Å²) in [7, 11) is 0. The number of halogens is 1. The zero-order valence-electron chi connectivity index (χ0n) is 10.4. The minimum Gasteiger partial charge on any atom is -0.386 e. The second-order valence-corrected chi connectivity index (χ2v) is 5.57. The fraction of sp³-hybridized carbons (Fsp3) is 0.357. The van der Waals surface area contributed by atoms with Crippen molar-refractivity contribution in [2.75, 3.05) is 0 Å². The summed E-state index contributed by atoms with van der Waals surface area (Å²) in [4.78, 5) is 0. The molecule has 0 spiro atoms. The highest BCUT2D eigenvalue weighted by atomic mass is 127. The maximum Gasteiger partial charge on any atom is 0.0996 e. The van der Waals surface area contributed by atoms with Crippen LogP contribution in [-0.2, 0) is 13.0 Å². The molecule has 3 nitrogen and oxygen atoms in total. The summed E-state index contributed by atoms with van der Waals surface area (Å²) < 4.78 is 3.10. The fourth-order valence-corrected chi connectivity index (χ4v) is 2.33. The standard InChI is InChI=1S/C14H17IN2O/c1-2-9-17-13(7-8-16-17)14(18)10-11-3-5-12(15)6-4-11/h3-8,14,18H,2,9-10H2,1H3. The molecule has 1 atom stereocenters. The lowest BCUT2D eigenvalue weighted by molar-refractivity contribution is 0.166. The summed E-state index contributed by atoms with van der Waals surface area (Å²) in [5.74, 6) is 0. The molecule has 96 valence electrons. The average molecular weight is 356 g/mol. The smallest absolute Gasteiger partial charge is 0.0996 e. The Hall–Kier alpha value is -0.880. The molecule has 0 aliphatic heterocycles. The number of aliphatic hydroxyl groups excluding tert-OH is 1. The van der Waals surface area contributed by atoms with Crippen molar-refractivity contribution in [3.63, 3.8) is 0 Å². The number of hydrogen-bond acceptors (Lipinski definition) is 2. The molecular weight excluding hydrogens is 339 g/mol. The average Bonchev–Trinajstić information content (AvgIpc) is 2.81. The van der Waals surface area contributed by atoms with Gasteiger partial charge in [-0.3, -0.25) is 4.68 Å². The highest BCUT2D eigenvalue weighted by Gasteiger charge is 2.13. The van der Waals surface area contributed by atoms with E-state index < -0.39 is 6.10 Å². The van der Waals surface area contributed by atoms with Gasteiger partial charge in [0.25, 0.3) is 0 Å². The van der Waals surface area contributed by atoms with Gasteiger partial charge in [0.05, 0.1) is 11.8 Å². The topological polar surface area (TPSA) is 38.0 Å². The molecule has 4 heteroatoms. The summed E-state index contributed by atoms with van der Waals surface area (Å²) in [5, 5.41) is 14.5. The number of benzene rings is 1. The molecule has 0 saturated carbocycles. The van der Waals surface area contributed by atoms with Crippen LogP contribution in [0, 0.1) is 3.57 Å². The van der Waals surface area contributed by atoms with Crippen molar-refractivity contribution in [1.29, 1.82) is 0 Å². The molecule has 0 aliphatic rings. The molecule has 18 heavy (non-hydrogen) atoms. The van der Waals surface area contributed by atoms with E-state index in [0.29, 0.717) is 6.42 Å². The maximum absolute atomic E-state index is 10.3. The minimum absolute atomic E-state index is 0.487. The number of aryl methyl sites for hydroxylation is 1. The van der Waals surface area contributed by atoms with Gasteiger partial charge in [0.15, 0.2) is 0 Å². The van der Waals surface area contributed by atoms with E-state index in [0.717, 1.165) is 24.2 Å². The second kappa shape index (κ2) is 6.33. The molecule has 1 aromatic heterocycles. The van der Waals surface area contributed by atoms with Gasteiger partial charge in [0, 0.05) is 22.7 Å². The molecule has 2 rings (SSSR count). The fourth-order valence-electron chi connectivity index (χ4n) is 1.97. The van der Waals surface area contributed by atoms with Gasteiger partial charge in [-0.2, -0.15) is 5.10 Å². The number of hydrogen-bond donors (Lipinski definition) is 1. The predicted octanol–water partition coefficient (Wildman–Crippen LogP) is 3.17. The first-order valence-electron chi connectivity index (χ1n) is 6.15. The van der Waals surface area contributed by atoms with Crippen molar-refractivity contribution in [2.24, 2.45) is 0 Å². The third kappa shape index (κ3) is 3.32. The summed E-state index contributed by atoms with van der Waals surface area (Å²) in [5.41, 5.74) is 2.04. The van der Waals surface area contributed by atoms with Crippen molar-refractivity contribution < 1.29 is 5.11 Å². The number of aromatic nitrogens is 2. The van der Waals surface area contributed by atoms with E-state index in [1.54, 1.807) is 6.20 Å². The molecule has 0 aliphatic carbocycles. The van der Waals surface area contributed by atoms with Crippen molar-refractivity contribution >= 4 is 22.6 Å². The van der Waals surface area contributed by atoms with Crippen molar-refractivity contribution in [1.82, 2.24) is 9.78 Å². The predicted molar refractivity (Wildman–Crippen MR) is 80.3 cm³/mol. The molecule has 1 heterocycles. The largest absolute Gasteiger partial charge is 0.386 e. The molecule has 0 radical (unpaired) electrons. The van der Waals surface area contributed by atoms with Crippen LogP contribution in [0.2, 0.25) is 0 Å². The van der Waals surface area contributed by atoms with Crippen LogP contribution in [-0.4, -0.2) is 14.9 Å². The summed E-state index contributed by atoms with van der Waals surface area (Å²) >= 11 is 2.28. The Labute approximate surface area is 121 Å². The van der Waals surface area contributed by atoms with Gasteiger partial charge < -0.3 is 5.11 Å². The lowest BCUT2D eigenvalue weighted by Crippen LogP contribution is -2.11. The van der Waals surface area contributed by atoms with Gasteiger partial charge in [-0.1, -0.05) is 19.1 Å². The normalized spacial score (nSPS) is 12.6. The Bertz CT molecular complexity index is 493. The van der Waals surface area contributed by atoms with E-state index in [4.69, 9.17) is 0 Å². The Morgan fingerprint density at radius 1 is 1.28 bits per heavy atom. The molecule has 0 fully saturated rings. The van der Waals surface area contributed by atoms with Gasteiger partial charge >= 0.3 is 0 Å². The molecule has 0 saturated heterocycles. The molecule has 0 amide bonds.